The summed E-state index contributed by atoms with van der Waals surface area (Å²) < 4.78 is 0. The normalized spacial score (nSPS) is 9.64. The second-order valence-corrected chi connectivity index (χ2v) is 3.13. The van der Waals surface area contributed by atoms with Crippen molar-refractivity contribution in [3.05, 3.63) is 40.4 Å². The zero-order chi connectivity index (χ0) is 10.4. The van der Waals surface area contributed by atoms with Gasteiger partial charge in [-0.1, -0.05) is 17.7 Å². The second kappa shape index (κ2) is 5.07. The lowest BCUT2D eigenvalue weighted by Gasteiger charge is -1.99. The van der Waals surface area contributed by atoms with Crippen LogP contribution in [0.1, 0.15) is 11.1 Å². The minimum Gasteiger partial charge on any atom is -0.198 e. The van der Waals surface area contributed by atoms with Crippen LogP contribution in [0.25, 0.3) is 6.08 Å². The summed E-state index contributed by atoms with van der Waals surface area (Å²) in [6.45, 7) is 0. The highest BCUT2D eigenvalue weighted by Crippen LogP contribution is 2.16. The molecule has 0 aromatic heterocycles. The smallest absolute Gasteiger partial charge is 0.0912 e. The Labute approximate surface area is 87.7 Å². The summed E-state index contributed by atoms with van der Waals surface area (Å²) in [6.07, 6.45) is 3.36. The minimum absolute atomic E-state index is 0.327. The molecule has 68 valence electrons. The SMILES string of the molecule is N#CC=Cc1cc(Cl)cc(CC#N)c1. The number of hydrogen-bond acceptors (Lipinski definition) is 2. The van der Waals surface area contributed by atoms with Crippen LogP contribution in [0.4, 0.5) is 0 Å². The van der Waals surface area contributed by atoms with Crippen LogP contribution < -0.4 is 0 Å². The van der Waals surface area contributed by atoms with E-state index in [1.54, 1.807) is 18.2 Å². The number of benzene rings is 1. The molecule has 0 saturated carbocycles. The minimum atomic E-state index is 0.327. The largest absolute Gasteiger partial charge is 0.198 e. The van der Waals surface area contributed by atoms with Crippen LogP contribution in [0.3, 0.4) is 0 Å². The molecule has 0 unspecified atom stereocenters. The topological polar surface area (TPSA) is 47.6 Å². The Balaban J connectivity index is 3.03. The number of rotatable bonds is 2. The first-order valence-corrected chi connectivity index (χ1v) is 4.36. The first-order valence-electron chi connectivity index (χ1n) is 3.99. The Morgan fingerprint density at radius 1 is 1.29 bits per heavy atom. The van der Waals surface area contributed by atoms with Gasteiger partial charge in [-0.3, -0.25) is 0 Å². The Morgan fingerprint density at radius 2 is 2.07 bits per heavy atom. The van der Waals surface area contributed by atoms with E-state index in [1.165, 1.54) is 6.08 Å². The van der Waals surface area contributed by atoms with Crippen molar-refractivity contribution in [2.75, 3.05) is 0 Å². The lowest BCUT2D eigenvalue weighted by atomic mass is 10.1. The summed E-state index contributed by atoms with van der Waals surface area (Å²) in [4.78, 5) is 0. The molecule has 0 heterocycles. The maximum Gasteiger partial charge on any atom is 0.0912 e. The molecule has 0 bridgehead atoms. The summed E-state index contributed by atoms with van der Waals surface area (Å²) in [5.74, 6) is 0. The fourth-order valence-corrected chi connectivity index (χ4v) is 1.36. The third kappa shape index (κ3) is 2.94. The molecule has 0 aliphatic heterocycles. The molecular formula is C11H7ClN2. The standard InChI is InChI=1S/C11H7ClN2/c12-11-7-9(2-1-4-13)6-10(8-11)3-5-14/h1-2,6-8H,3H2. The third-order valence-electron chi connectivity index (χ3n) is 1.61. The van der Waals surface area contributed by atoms with E-state index in [2.05, 4.69) is 0 Å². The van der Waals surface area contributed by atoms with E-state index in [9.17, 15) is 0 Å². The zero-order valence-corrected chi connectivity index (χ0v) is 8.12. The molecule has 0 atom stereocenters. The second-order valence-electron chi connectivity index (χ2n) is 2.69. The van der Waals surface area contributed by atoms with Gasteiger partial charge in [-0.2, -0.15) is 10.5 Å². The van der Waals surface area contributed by atoms with E-state index >= 15 is 0 Å². The molecule has 0 spiro atoms. The van der Waals surface area contributed by atoms with Crippen molar-refractivity contribution >= 4 is 17.7 Å². The number of hydrogen-bond donors (Lipinski definition) is 0. The van der Waals surface area contributed by atoms with Gasteiger partial charge in [0.1, 0.15) is 0 Å². The highest BCUT2D eigenvalue weighted by atomic mass is 35.5. The van der Waals surface area contributed by atoms with E-state index in [-0.39, 0.29) is 0 Å². The van der Waals surface area contributed by atoms with Gasteiger partial charge < -0.3 is 0 Å². The maximum atomic E-state index is 8.51. The number of halogens is 1. The highest BCUT2D eigenvalue weighted by molar-refractivity contribution is 6.30. The molecule has 1 aromatic carbocycles. The molecule has 0 radical (unpaired) electrons. The molecule has 0 N–H and O–H groups in total. The van der Waals surface area contributed by atoms with Gasteiger partial charge in [-0.15, -0.1) is 0 Å². The van der Waals surface area contributed by atoms with E-state index in [1.807, 2.05) is 18.2 Å². The summed E-state index contributed by atoms with van der Waals surface area (Å²) >= 11 is 5.84. The first-order chi connectivity index (χ1) is 6.76. The fraction of sp³-hybridized carbons (Fsp3) is 0.0909. The Bertz CT molecular complexity index is 436. The van der Waals surface area contributed by atoms with Crippen LogP contribution >= 0.6 is 11.6 Å². The van der Waals surface area contributed by atoms with Gasteiger partial charge >= 0.3 is 0 Å². The maximum absolute atomic E-state index is 8.51. The average molecular weight is 203 g/mol. The van der Waals surface area contributed by atoms with Gasteiger partial charge in [0.2, 0.25) is 0 Å². The van der Waals surface area contributed by atoms with Crippen molar-refractivity contribution in [1.29, 1.82) is 10.5 Å². The monoisotopic (exact) mass is 202 g/mol. The Kier molecular flexibility index (Phi) is 3.73. The number of nitriles is 2. The lowest BCUT2D eigenvalue weighted by Crippen LogP contribution is -1.83. The zero-order valence-electron chi connectivity index (χ0n) is 7.37. The molecule has 0 aliphatic carbocycles. The van der Waals surface area contributed by atoms with Crippen LogP contribution in [0.2, 0.25) is 5.02 Å². The van der Waals surface area contributed by atoms with Gasteiger partial charge in [-0.25, -0.2) is 0 Å². The number of allylic oxidation sites excluding steroid dienone is 1. The molecule has 0 fully saturated rings. The van der Waals surface area contributed by atoms with Crippen molar-refractivity contribution in [1.82, 2.24) is 0 Å². The average Bonchev–Trinajstić information content (AvgIpc) is 2.14. The summed E-state index contributed by atoms with van der Waals surface area (Å²) in [7, 11) is 0. The molecule has 0 saturated heterocycles. The molecular weight excluding hydrogens is 196 g/mol. The molecule has 1 aromatic rings. The summed E-state index contributed by atoms with van der Waals surface area (Å²) in [6, 6.07) is 9.27. The van der Waals surface area contributed by atoms with Crippen molar-refractivity contribution < 1.29 is 0 Å². The fourth-order valence-electron chi connectivity index (χ4n) is 1.10. The first kappa shape index (κ1) is 10.3. The third-order valence-corrected chi connectivity index (χ3v) is 1.83. The van der Waals surface area contributed by atoms with E-state index in [0.717, 1.165) is 11.1 Å². The van der Waals surface area contributed by atoms with Crippen LogP contribution in [0.5, 0.6) is 0 Å². The van der Waals surface area contributed by atoms with Gasteiger partial charge in [-0.05, 0) is 29.3 Å². The van der Waals surface area contributed by atoms with Crippen LogP contribution in [-0.2, 0) is 6.42 Å². The Hall–Kier alpha value is -1.77. The predicted octanol–water partition coefficient (Wildman–Crippen LogP) is 2.94. The van der Waals surface area contributed by atoms with Crippen molar-refractivity contribution in [2.24, 2.45) is 0 Å². The van der Waals surface area contributed by atoms with Crippen molar-refractivity contribution in [3.63, 3.8) is 0 Å². The lowest BCUT2D eigenvalue weighted by molar-refractivity contribution is 1.26. The molecule has 0 aliphatic rings. The van der Waals surface area contributed by atoms with Crippen LogP contribution in [-0.4, -0.2) is 0 Å². The van der Waals surface area contributed by atoms with E-state index in [0.29, 0.717) is 11.4 Å². The van der Waals surface area contributed by atoms with Gasteiger partial charge in [0.15, 0.2) is 0 Å². The quantitative estimate of drug-likeness (QED) is 0.693. The molecule has 0 amide bonds. The van der Waals surface area contributed by atoms with Crippen molar-refractivity contribution in [3.8, 4) is 12.1 Å². The van der Waals surface area contributed by atoms with Gasteiger partial charge in [0, 0.05) is 11.1 Å². The van der Waals surface area contributed by atoms with E-state index < -0.39 is 0 Å². The van der Waals surface area contributed by atoms with Crippen molar-refractivity contribution in [2.45, 2.75) is 6.42 Å². The molecule has 14 heavy (non-hydrogen) atoms. The highest BCUT2D eigenvalue weighted by Gasteiger charge is 1.96. The number of nitrogens with zero attached hydrogens (tertiary/aromatic N) is 2. The molecule has 1 rings (SSSR count). The van der Waals surface area contributed by atoms with E-state index in [4.69, 9.17) is 22.1 Å². The van der Waals surface area contributed by atoms with Crippen LogP contribution in [0.15, 0.2) is 24.3 Å². The summed E-state index contributed by atoms with van der Waals surface area (Å²) in [5, 5.41) is 17.4. The molecule has 2 nitrogen and oxygen atoms in total. The van der Waals surface area contributed by atoms with Gasteiger partial charge in [0.05, 0.1) is 18.6 Å². The molecule has 3 heteroatoms. The van der Waals surface area contributed by atoms with Crippen LogP contribution in [0, 0.1) is 22.7 Å². The Morgan fingerprint density at radius 3 is 2.71 bits per heavy atom. The van der Waals surface area contributed by atoms with Gasteiger partial charge in [0.25, 0.3) is 0 Å². The summed E-state index contributed by atoms with van der Waals surface area (Å²) in [5.41, 5.74) is 1.70. The predicted molar refractivity (Wildman–Crippen MR) is 55.4 cm³/mol.